The van der Waals surface area contributed by atoms with Gasteiger partial charge in [0.05, 0.1) is 0 Å². The minimum atomic E-state index is 0.749. The molecule has 0 aliphatic heterocycles. The van der Waals surface area contributed by atoms with Crippen LogP contribution in [-0.2, 0) is 6.42 Å². The molecule has 2 saturated carbocycles. The van der Waals surface area contributed by atoms with Gasteiger partial charge in [-0.3, -0.25) is 0 Å². The zero-order chi connectivity index (χ0) is 13.8. The molecule has 1 N–H and O–H groups in total. The van der Waals surface area contributed by atoms with Gasteiger partial charge in [0, 0.05) is 6.04 Å². The quantitative estimate of drug-likeness (QED) is 0.720. The zero-order valence-electron chi connectivity index (χ0n) is 12.8. The first-order valence-electron chi connectivity index (χ1n) is 8.59. The van der Waals surface area contributed by atoms with Gasteiger partial charge >= 0.3 is 0 Å². The van der Waals surface area contributed by atoms with E-state index in [0.29, 0.717) is 0 Å². The van der Waals surface area contributed by atoms with Crippen molar-refractivity contribution in [2.45, 2.75) is 64.3 Å². The Morgan fingerprint density at radius 1 is 1.35 bits per heavy atom. The molecular formula is C18H29NS. The van der Waals surface area contributed by atoms with Crippen LogP contribution in [0.15, 0.2) is 16.8 Å². The number of aryl methyl sites for hydroxylation is 1. The first-order valence-corrected chi connectivity index (χ1v) is 9.54. The maximum atomic E-state index is 3.82. The maximum Gasteiger partial charge on any atom is 0.00729 e. The summed E-state index contributed by atoms with van der Waals surface area (Å²) >= 11 is 1.83. The minimum Gasteiger partial charge on any atom is -0.314 e. The molecule has 2 heteroatoms. The second-order valence-electron chi connectivity index (χ2n) is 6.99. The number of thiophene rings is 1. The van der Waals surface area contributed by atoms with E-state index in [0.717, 1.165) is 23.8 Å². The highest BCUT2D eigenvalue weighted by atomic mass is 32.1. The van der Waals surface area contributed by atoms with Gasteiger partial charge in [-0.25, -0.2) is 0 Å². The van der Waals surface area contributed by atoms with E-state index in [1.807, 2.05) is 11.3 Å². The van der Waals surface area contributed by atoms with Gasteiger partial charge in [-0.05, 0) is 91.6 Å². The normalized spacial score (nSPS) is 29.9. The molecule has 0 radical (unpaired) electrons. The average molecular weight is 292 g/mol. The van der Waals surface area contributed by atoms with Crippen molar-refractivity contribution >= 4 is 11.3 Å². The highest BCUT2D eigenvalue weighted by Gasteiger charge is 2.39. The summed E-state index contributed by atoms with van der Waals surface area (Å²) in [7, 11) is 0. The average Bonchev–Trinajstić information content (AvgIpc) is 3.18. The molecule has 2 aliphatic carbocycles. The molecule has 1 nitrogen and oxygen atoms in total. The Morgan fingerprint density at radius 3 is 2.95 bits per heavy atom. The molecule has 0 spiro atoms. The van der Waals surface area contributed by atoms with Crippen molar-refractivity contribution in [3.05, 3.63) is 22.4 Å². The summed E-state index contributed by atoms with van der Waals surface area (Å²) in [6, 6.07) is 3.04. The van der Waals surface area contributed by atoms with E-state index in [4.69, 9.17) is 0 Å². The summed E-state index contributed by atoms with van der Waals surface area (Å²) in [6.45, 7) is 3.47. The van der Waals surface area contributed by atoms with E-state index in [9.17, 15) is 0 Å². The van der Waals surface area contributed by atoms with Crippen molar-refractivity contribution in [1.29, 1.82) is 0 Å². The summed E-state index contributed by atoms with van der Waals surface area (Å²) in [4.78, 5) is 0. The zero-order valence-corrected chi connectivity index (χ0v) is 13.6. The van der Waals surface area contributed by atoms with Crippen LogP contribution >= 0.6 is 11.3 Å². The number of fused-ring (bicyclic) bond motifs is 2. The molecule has 4 unspecified atom stereocenters. The molecule has 1 heterocycles. The van der Waals surface area contributed by atoms with Crippen LogP contribution in [0.1, 0.15) is 57.4 Å². The Labute approximate surface area is 128 Å². The fraction of sp³-hybridized carbons (Fsp3) is 0.778. The van der Waals surface area contributed by atoms with Crippen molar-refractivity contribution in [2.75, 3.05) is 6.54 Å². The SMILES string of the molecule is CCCNC(CCc1ccsc1)CC1CC2CCC1C2. The molecular weight excluding hydrogens is 262 g/mol. The van der Waals surface area contributed by atoms with Crippen molar-refractivity contribution < 1.29 is 0 Å². The standard InChI is InChI=1S/C18H29NS/c1-2-8-19-18(6-4-14-7-9-20-13-14)12-17-11-15-3-5-16(17)10-15/h7,9,13,15-19H,2-6,8,10-12H2,1H3. The third kappa shape index (κ3) is 3.65. The fourth-order valence-electron chi connectivity index (χ4n) is 4.46. The van der Waals surface area contributed by atoms with E-state index in [1.54, 1.807) is 6.42 Å². The largest absolute Gasteiger partial charge is 0.314 e. The monoisotopic (exact) mass is 291 g/mol. The molecule has 2 bridgehead atoms. The lowest BCUT2D eigenvalue weighted by Crippen LogP contribution is -2.33. The van der Waals surface area contributed by atoms with Crippen LogP contribution in [-0.4, -0.2) is 12.6 Å². The molecule has 20 heavy (non-hydrogen) atoms. The van der Waals surface area contributed by atoms with Crippen molar-refractivity contribution in [3.63, 3.8) is 0 Å². The summed E-state index contributed by atoms with van der Waals surface area (Å²) in [5, 5.41) is 8.34. The van der Waals surface area contributed by atoms with Crippen LogP contribution in [0.25, 0.3) is 0 Å². The van der Waals surface area contributed by atoms with Crippen LogP contribution in [0.5, 0.6) is 0 Å². The Balaban J connectivity index is 1.49. The Morgan fingerprint density at radius 2 is 2.30 bits per heavy atom. The molecule has 3 rings (SSSR count). The van der Waals surface area contributed by atoms with Gasteiger partial charge < -0.3 is 5.32 Å². The number of rotatable bonds is 8. The van der Waals surface area contributed by atoms with Gasteiger partial charge in [0.1, 0.15) is 0 Å². The summed E-state index contributed by atoms with van der Waals surface area (Å²) in [5.74, 6) is 3.20. The molecule has 0 amide bonds. The Kier molecular flexibility index (Phi) is 5.17. The predicted octanol–water partition coefficient (Wildman–Crippen LogP) is 4.88. The second kappa shape index (κ2) is 7.09. The highest BCUT2D eigenvalue weighted by molar-refractivity contribution is 7.07. The van der Waals surface area contributed by atoms with Crippen LogP contribution in [0.3, 0.4) is 0 Å². The maximum absolute atomic E-state index is 3.82. The summed E-state index contributed by atoms with van der Waals surface area (Å²) in [5.41, 5.74) is 1.53. The highest BCUT2D eigenvalue weighted by Crippen LogP contribution is 2.50. The van der Waals surface area contributed by atoms with E-state index < -0.39 is 0 Å². The fourth-order valence-corrected chi connectivity index (χ4v) is 5.16. The lowest BCUT2D eigenvalue weighted by Gasteiger charge is -2.27. The molecule has 1 aromatic rings. The summed E-state index contributed by atoms with van der Waals surface area (Å²) in [6.07, 6.45) is 11.4. The van der Waals surface area contributed by atoms with Crippen molar-refractivity contribution in [2.24, 2.45) is 17.8 Å². The molecule has 2 fully saturated rings. The molecule has 1 aromatic heterocycles. The smallest absolute Gasteiger partial charge is 0.00729 e. The van der Waals surface area contributed by atoms with Crippen LogP contribution in [0, 0.1) is 17.8 Å². The van der Waals surface area contributed by atoms with E-state index in [2.05, 4.69) is 29.1 Å². The molecule has 2 aliphatic rings. The molecule has 0 aromatic carbocycles. The van der Waals surface area contributed by atoms with Gasteiger partial charge in [-0.15, -0.1) is 0 Å². The topological polar surface area (TPSA) is 12.0 Å². The lowest BCUT2D eigenvalue weighted by atomic mass is 9.83. The lowest BCUT2D eigenvalue weighted by molar-refractivity contribution is 0.271. The summed E-state index contributed by atoms with van der Waals surface area (Å²) < 4.78 is 0. The van der Waals surface area contributed by atoms with Gasteiger partial charge in [0.25, 0.3) is 0 Å². The van der Waals surface area contributed by atoms with Crippen molar-refractivity contribution in [3.8, 4) is 0 Å². The third-order valence-corrected chi connectivity index (χ3v) is 6.25. The first-order chi connectivity index (χ1) is 9.85. The van der Waals surface area contributed by atoms with E-state index in [-0.39, 0.29) is 0 Å². The Hall–Kier alpha value is -0.340. The van der Waals surface area contributed by atoms with Crippen LogP contribution in [0.2, 0.25) is 0 Å². The van der Waals surface area contributed by atoms with Gasteiger partial charge in [0.2, 0.25) is 0 Å². The van der Waals surface area contributed by atoms with Gasteiger partial charge in [-0.2, -0.15) is 11.3 Å². The van der Waals surface area contributed by atoms with Gasteiger partial charge in [-0.1, -0.05) is 13.3 Å². The third-order valence-electron chi connectivity index (χ3n) is 5.52. The van der Waals surface area contributed by atoms with E-state index in [1.165, 1.54) is 57.1 Å². The van der Waals surface area contributed by atoms with Crippen LogP contribution < -0.4 is 5.32 Å². The molecule has 0 saturated heterocycles. The van der Waals surface area contributed by atoms with Gasteiger partial charge in [0.15, 0.2) is 0 Å². The number of nitrogens with one attached hydrogen (secondary N) is 1. The number of hydrogen-bond donors (Lipinski definition) is 1. The molecule has 4 atom stereocenters. The number of hydrogen-bond acceptors (Lipinski definition) is 2. The minimum absolute atomic E-state index is 0.749. The van der Waals surface area contributed by atoms with Crippen molar-refractivity contribution in [1.82, 2.24) is 5.32 Å². The Bertz CT molecular complexity index is 386. The molecule has 112 valence electrons. The second-order valence-corrected chi connectivity index (χ2v) is 7.77. The van der Waals surface area contributed by atoms with Crippen LogP contribution in [0.4, 0.5) is 0 Å². The van der Waals surface area contributed by atoms with E-state index >= 15 is 0 Å². The first kappa shape index (κ1) is 14.6. The predicted molar refractivity (Wildman–Crippen MR) is 88.3 cm³/mol.